The third kappa shape index (κ3) is 2.46. The molecule has 0 aliphatic rings. The Morgan fingerprint density at radius 3 is 2.81 bits per heavy atom. The number of imidazole rings is 1. The minimum absolute atomic E-state index is 0.420. The number of primary amides is 1. The van der Waals surface area contributed by atoms with Gasteiger partial charge >= 0.3 is 0 Å². The summed E-state index contributed by atoms with van der Waals surface area (Å²) in [6, 6.07) is 5.51. The summed E-state index contributed by atoms with van der Waals surface area (Å²) >= 11 is 0. The molecule has 0 radical (unpaired) electrons. The fourth-order valence-corrected chi connectivity index (χ4v) is 3.18. The van der Waals surface area contributed by atoms with Crippen LogP contribution in [0.15, 0.2) is 30.6 Å². The maximum absolute atomic E-state index is 11.7. The first-order chi connectivity index (χ1) is 12.5. The quantitative estimate of drug-likeness (QED) is 0.589. The third-order valence-electron chi connectivity index (χ3n) is 4.46. The van der Waals surface area contributed by atoms with Gasteiger partial charge in [0.15, 0.2) is 0 Å². The number of carbonyl (C=O) groups excluding carboxylic acids is 1. The average Bonchev–Trinajstić information content (AvgIpc) is 3.32. The Kier molecular flexibility index (Phi) is 3.61. The van der Waals surface area contributed by atoms with E-state index in [9.17, 15) is 4.79 Å². The number of rotatable bonds is 4. The van der Waals surface area contributed by atoms with Crippen LogP contribution in [0.5, 0.6) is 0 Å². The largest absolute Gasteiger partial charge is 0.366 e. The van der Waals surface area contributed by atoms with Crippen LogP contribution < -0.4 is 5.73 Å². The number of fused-ring (bicyclic) bond motifs is 1. The fraction of sp³-hybridized carbons (Fsp3) is 0.222. The zero-order valence-electron chi connectivity index (χ0n) is 14.8. The van der Waals surface area contributed by atoms with Crippen molar-refractivity contribution in [2.75, 3.05) is 0 Å². The van der Waals surface area contributed by atoms with E-state index in [1.807, 2.05) is 31.6 Å². The monoisotopic (exact) mass is 349 g/mol. The van der Waals surface area contributed by atoms with Crippen molar-refractivity contribution in [1.29, 1.82) is 0 Å². The van der Waals surface area contributed by atoms with E-state index in [-0.39, 0.29) is 0 Å². The van der Waals surface area contributed by atoms with Crippen molar-refractivity contribution in [1.82, 2.24) is 29.5 Å². The van der Waals surface area contributed by atoms with Crippen molar-refractivity contribution in [3.05, 3.63) is 41.9 Å². The predicted octanol–water partition coefficient (Wildman–Crippen LogP) is 2.25. The minimum Gasteiger partial charge on any atom is -0.366 e. The summed E-state index contributed by atoms with van der Waals surface area (Å²) in [5.41, 5.74) is 10.3. The summed E-state index contributed by atoms with van der Waals surface area (Å²) in [5.74, 6) is 0.170. The summed E-state index contributed by atoms with van der Waals surface area (Å²) in [5, 5.41) is 9.66. The van der Waals surface area contributed by atoms with E-state index in [0.717, 1.165) is 40.1 Å². The van der Waals surface area contributed by atoms with Gasteiger partial charge in [-0.2, -0.15) is 10.2 Å². The first-order valence-corrected chi connectivity index (χ1v) is 8.33. The second kappa shape index (κ2) is 5.83. The van der Waals surface area contributed by atoms with Crippen molar-refractivity contribution in [2.45, 2.75) is 20.4 Å². The van der Waals surface area contributed by atoms with Crippen molar-refractivity contribution in [3.63, 3.8) is 0 Å². The van der Waals surface area contributed by atoms with Gasteiger partial charge in [0.1, 0.15) is 5.82 Å². The van der Waals surface area contributed by atoms with E-state index >= 15 is 0 Å². The molecule has 4 aromatic rings. The van der Waals surface area contributed by atoms with Crippen molar-refractivity contribution < 1.29 is 4.79 Å². The van der Waals surface area contributed by atoms with E-state index in [1.54, 1.807) is 29.2 Å². The first kappa shape index (κ1) is 16.1. The molecule has 3 heterocycles. The van der Waals surface area contributed by atoms with Gasteiger partial charge in [-0.05, 0) is 32.0 Å². The number of aryl methyl sites for hydroxylation is 3. The second-order valence-corrected chi connectivity index (χ2v) is 6.22. The Bertz CT molecular complexity index is 1130. The highest BCUT2D eigenvalue weighted by molar-refractivity contribution is 6.02. The zero-order valence-corrected chi connectivity index (χ0v) is 14.8. The van der Waals surface area contributed by atoms with Crippen molar-refractivity contribution >= 4 is 16.8 Å². The van der Waals surface area contributed by atoms with E-state index in [1.165, 1.54) is 0 Å². The van der Waals surface area contributed by atoms with Crippen LogP contribution in [0.4, 0.5) is 0 Å². The van der Waals surface area contributed by atoms with Crippen LogP contribution in [0, 0.1) is 6.92 Å². The highest BCUT2D eigenvalue weighted by Gasteiger charge is 2.16. The van der Waals surface area contributed by atoms with Crippen LogP contribution in [0.25, 0.3) is 33.7 Å². The molecule has 0 unspecified atom stereocenters. The topological polar surface area (TPSA) is 107 Å². The van der Waals surface area contributed by atoms with Crippen LogP contribution >= 0.6 is 0 Å². The van der Waals surface area contributed by atoms with Crippen LogP contribution in [0.1, 0.15) is 23.0 Å². The van der Waals surface area contributed by atoms with Crippen LogP contribution in [-0.2, 0) is 13.6 Å². The summed E-state index contributed by atoms with van der Waals surface area (Å²) < 4.78 is 3.64. The molecule has 3 N–H and O–H groups in total. The van der Waals surface area contributed by atoms with E-state index in [0.29, 0.717) is 11.4 Å². The average molecular weight is 349 g/mol. The van der Waals surface area contributed by atoms with Gasteiger partial charge in [-0.25, -0.2) is 4.98 Å². The molecule has 0 saturated heterocycles. The van der Waals surface area contributed by atoms with Crippen LogP contribution in [0.2, 0.25) is 0 Å². The van der Waals surface area contributed by atoms with Gasteiger partial charge < -0.3 is 10.7 Å². The molecule has 8 heteroatoms. The van der Waals surface area contributed by atoms with Gasteiger partial charge in [0.2, 0.25) is 5.91 Å². The Morgan fingerprint density at radius 1 is 1.27 bits per heavy atom. The Hall–Kier alpha value is -3.42. The normalized spacial score (nSPS) is 11.3. The number of carbonyl (C=O) groups is 1. The van der Waals surface area contributed by atoms with Crippen molar-refractivity contribution in [3.8, 4) is 22.8 Å². The van der Waals surface area contributed by atoms with Gasteiger partial charge in [0.25, 0.3) is 0 Å². The number of nitrogens with two attached hydrogens (primary N) is 1. The predicted molar refractivity (Wildman–Crippen MR) is 98.4 cm³/mol. The van der Waals surface area contributed by atoms with Gasteiger partial charge in [0, 0.05) is 30.1 Å². The lowest BCUT2D eigenvalue weighted by Gasteiger charge is -2.05. The van der Waals surface area contributed by atoms with Crippen molar-refractivity contribution in [2.24, 2.45) is 12.8 Å². The van der Waals surface area contributed by atoms with E-state index in [2.05, 4.69) is 20.2 Å². The SMILES string of the molecule is CCn1nc(C)cc1-c1cnc(-c2cc(C(N)=O)cc3c2cnn3C)[nH]1. The molecule has 8 nitrogen and oxygen atoms in total. The summed E-state index contributed by atoms with van der Waals surface area (Å²) in [4.78, 5) is 19.6. The first-order valence-electron chi connectivity index (χ1n) is 8.33. The Morgan fingerprint density at radius 2 is 2.08 bits per heavy atom. The molecule has 0 atom stereocenters. The maximum Gasteiger partial charge on any atom is 0.248 e. The molecule has 4 rings (SSSR count). The second-order valence-electron chi connectivity index (χ2n) is 6.22. The maximum atomic E-state index is 11.7. The molecule has 1 aromatic carbocycles. The number of aromatic amines is 1. The van der Waals surface area contributed by atoms with Crippen LogP contribution in [-0.4, -0.2) is 35.4 Å². The molecule has 3 aromatic heterocycles. The molecule has 0 fully saturated rings. The molecular weight excluding hydrogens is 330 g/mol. The third-order valence-corrected chi connectivity index (χ3v) is 4.46. The number of aromatic nitrogens is 6. The molecule has 1 amide bonds. The van der Waals surface area contributed by atoms with Gasteiger partial charge in [-0.1, -0.05) is 0 Å². The highest BCUT2D eigenvalue weighted by atomic mass is 16.1. The minimum atomic E-state index is -0.485. The molecule has 0 aliphatic heterocycles. The lowest BCUT2D eigenvalue weighted by molar-refractivity contribution is 0.100. The number of nitrogens with zero attached hydrogens (tertiary/aromatic N) is 5. The molecule has 0 saturated carbocycles. The lowest BCUT2D eigenvalue weighted by atomic mass is 10.1. The molecule has 0 spiro atoms. The molecule has 0 aliphatic carbocycles. The zero-order chi connectivity index (χ0) is 18.4. The number of hydrogen-bond acceptors (Lipinski definition) is 4. The molecular formula is C18H19N7O. The Balaban J connectivity index is 1.89. The number of H-pyrrole nitrogens is 1. The summed E-state index contributed by atoms with van der Waals surface area (Å²) in [7, 11) is 1.83. The molecule has 0 bridgehead atoms. The van der Waals surface area contributed by atoms with Gasteiger partial charge in [-0.15, -0.1) is 0 Å². The number of benzene rings is 1. The Labute approximate surface area is 149 Å². The summed E-state index contributed by atoms with van der Waals surface area (Å²) in [6.07, 6.45) is 3.54. The standard InChI is InChI=1S/C18H19N7O/c1-4-25-16(5-10(2)23-25)14-9-20-18(22-14)12-6-11(17(19)26)7-15-13(12)8-21-24(15)3/h5-9H,4H2,1-3H3,(H2,19,26)(H,20,22). The fourth-order valence-electron chi connectivity index (χ4n) is 3.18. The lowest BCUT2D eigenvalue weighted by Crippen LogP contribution is -2.11. The summed E-state index contributed by atoms with van der Waals surface area (Å²) in [6.45, 7) is 4.77. The van der Waals surface area contributed by atoms with Gasteiger partial charge in [0.05, 0.1) is 35.0 Å². The highest BCUT2D eigenvalue weighted by Crippen LogP contribution is 2.30. The van der Waals surface area contributed by atoms with E-state index in [4.69, 9.17) is 5.73 Å². The van der Waals surface area contributed by atoms with Crippen LogP contribution in [0.3, 0.4) is 0 Å². The molecule has 132 valence electrons. The number of hydrogen-bond donors (Lipinski definition) is 2. The number of amides is 1. The molecule has 26 heavy (non-hydrogen) atoms. The smallest absolute Gasteiger partial charge is 0.248 e. The number of nitrogens with one attached hydrogen (secondary N) is 1. The van der Waals surface area contributed by atoms with Gasteiger partial charge in [-0.3, -0.25) is 14.2 Å². The van der Waals surface area contributed by atoms with E-state index < -0.39 is 5.91 Å².